The molecule has 0 bridgehead atoms. The lowest BCUT2D eigenvalue weighted by Gasteiger charge is -2.26. The van der Waals surface area contributed by atoms with Gasteiger partial charge in [0.25, 0.3) is 0 Å². The minimum Gasteiger partial charge on any atom is -0.447 e. The number of rotatable bonds is 2. The van der Waals surface area contributed by atoms with Gasteiger partial charge in [-0.1, -0.05) is 0 Å². The number of carbonyl (C=O) groups is 1. The maximum absolute atomic E-state index is 11.3. The van der Waals surface area contributed by atoms with Crippen molar-refractivity contribution in [1.82, 2.24) is 10.2 Å². The molecule has 5 nitrogen and oxygen atoms in total. The highest BCUT2D eigenvalue weighted by atomic mass is 16.6. The maximum atomic E-state index is 11.3. The Hall–Kier alpha value is -0.810. The lowest BCUT2D eigenvalue weighted by molar-refractivity contribution is 0.0527. The minimum absolute atomic E-state index is 0.0722. The van der Waals surface area contributed by atoms with Crippen molar-refractivity contribution < 1.29 is 14.6 Å². The summed E-state index contributed by atoms with van der Waals surface area (Å²) in [5, 5.41) is 12.0. The highest BCUT2D eigenvalue weighted by Gasteiger charge is 2.17. The molecule has 1 fully saturated rings. The molecule has 1 aliphatic heterocycles. The maximum Gasteiger partial charge on any atom is 0.409 e. The molecular weight excluding hydrogens is 172 g/mol. The molecule has 0 radical (unpaired) electrons. The van der Waals surface area contributed by atoms with Crippen LogP contribution in [0, 0.1) is 0 Å². The molecule has 0 aromatic heterocycles. The van der Waals surface area contributed by atoms with Gasteiger partial charge in [-0.25, -0.2) is 4.79 Å². The van der Waals surface area contributed by atoms with Crippen LogP contribution in [0.4, 0.5) is 4.79 Å². The number of amides is 1. The van der Waals surface area contributed by atoms with Crippen LogP contribution in [0.2, 0.25) is 0 Å². The molecule has 1 aliphatic rings. The number of hydrogen-bond donors (Lipinski definition) is 2. The van der Waals surface area contributed by atoms with E-state index < -0.39 is 6.10 Å². The normalized spacial score (nSPS) is 19.7. The first-order valence-electron chi connectivity index (χ1n) is 4.50. The average Bonchev–Trinajstić information content (AvgIpc) is 2.15. The standard InChI is InChI=1S/C8H16N2O3/c1-7(11)6-13-8(12)10-4-2-9-3-5-10/h7,9,11H,2-6H2,1H3. The van der Waals surface area contributed by atoms with Crippen LogP contribution in [0.3, 0.4) is 0 Å². The first kappa shape index (κ1) is 10.3. The van der Waals surface area contributed by atoms with Crippen molar-refractivity contribution in [2.45, 2.75) is 13.0 Å². The Labute approximate surface area is 77.7 Å². The topological polar surface area (TPSA) is 61.8 Å². The van der Waals surface area contributed by atoms with E-state index in [2.05, 4.69) is 5.32 Å². The molecule has 0 aromatic rings. The van der Waals surface area contributed by atoms with E-state index in [9.17, 15) is 4.79 Å². The first-order chi connectivity index (χ1) is 6.20. The van der Waals surface area contributed by atoms with Crippen LogP contribution in [0.25, 0.3) is 0 Å². The van der Waals surface area contributed by atoms with Gasteiger partial charge < -0.3 is 20.1 Å². The van der Waals surface area contributed by atoms with Crippen molar-refractivity contribution in [1.29, 1.82) is 0 Å². The molecule has 0 saturated carbocycles. The number of ether oxygens (including phenoxy) is 1. The van der Waals surface area contributed by atoms with Gasteiger partial charge >= 0.3 is 6.09 Å². The second kappa shape index (κ2) is 5.04. The van der Waals surface area contributed by atoms with Crippen LogP contribution < -0.4 is 5.32 Å². The Morgan fingerprint density at radius 2 is 2.23 bits per heavy atom. The summed E-state index contributed by atoms with van der Waals surface area (Å²) in [6.45, 7) is 4.64. The summed E-state index contributed by atoms with van der Waals surface area (Å²) >= 11 is 0. The predicted molar refractivity (Wildman–Crippen MR) is 47.5 cm³/mol. The van der Waals surface area contributed by atoms with Gasteiger partial charge in [-0.05, 0) is 6.92 Å². The highest BCUT2D eigenvalue weighted by molar-refractivity contribution is 5.67. The Morgan fingerprint density at radius 3 is 2.77 bits per heavy atom. The molecule has 5 heteroatoms. The molecule has 0 spiro atoms. The second-order valence-corrected chi connectivity index (χ2v) is 3.16. The number of nitrogens with zero attached hydrogens (tertiary/aromatic N) is 1. The summed E-state index contributed by atoms with van der Waals surface area (Å²) in [6, 6.07) is 0. The number of nitrogens with one attached hydrogen (secondary N) is 1. The van der Waals surface area contributed by atoms with Crippen molar-refractivity contribution in [2.75, 3.05) is 32.8 Å². The van der Waals surface area contributed by atoms with E-state index in [1.54, 1.807) is 11.8 Å². The van der Waals surface area contributed by atoms with Gasteiger partial charge in [-0.2, -0.15) is 0 Å². The van der Waals surface area contributed by atoms with E-state index in [0.717, 1.165) is 13.1 Å². The third-order valence-electron chi connectivity index (χ3n) is 1.82. The van der Waals surface area contributed by atoms with Crippen molar-refractivity contribution in [3.05, 3.63) is 0 Å². The molecule has 1 amide bonds. The summed E-state index contributed by atoms with van der Waals surface area (Å²) < 4.78 is 4.85. The van der Waals surface area contributed by atoms with Gasteiger partial charge in [0.15, 0.2) is 0 Å². The van der Waals surface area contributed by atoms with Crippen molar-refractivity contribution >= 4 is 6.09 Å². The minimum atomic E-state index is -0.591. The van der Waals surface area contributed by atoms with E-state index in [1.807, 2.05) is 0 Å². The Kier molecular flexibility index (Phi) is 3.98. The monoisotopic (exact) mass is 188 g/mol. The van der Waals surface area contributed by atoms with Crippen LogP contribution in [0.5, 0.6) is 0 Å². The zero-order valence-electron chi connectivity index (χ0n) is 7.82. The quantitative estimate of drug-likeness (QED) is 0.608. The van der Waals surface area contributed by atoms with Crippen molar-refractivity contribution in [2.24, 2.45) is 0 Å². The van der Waals surface area contributed by atoms with Gasteiger partial charge in [-0.15, -0.1) is 0 Å². The van der Waals surface area contributed by atoms with Crippen LogP contribution in [0.1, 0.15) is 6.92 Å². The largest absolute Gasteiger partial charge is 0.447 e. The van der Waals surface area contributed by atoms with E-state index >= 15 is 0 Å². The summed E-state index contributed by atoms with van der Waals surface area (Å²) in [4.78, 5) is 12.9. The third-order valence-corrected chi connectivity index (χ3v) is 1.82. The van der Waals surface area contributed by atoms with Gasteiger partial charge in [0.1, 0.15) is 6.61 Å². The van der Waals surface area contributed by atoms with E-state index in [4.69, 9.17) is 9.84 Å². The predicted octanol–water partition coefficient (Wildman–Crippen LogP) is -0.591. The summed E-state index contributed by atoms with van der Waals surface area (Å²) in [5.74, 6) is 0. The van der Waals surface area contributed by atoms with Gasteiger partial charge in [0.05, 0.1) is 6.10 Å². The molecule has 2 N–H and O–H groups in total. The van der Waals surface area contributed by atoms with Crippen molar-refractivity contribution in [3.63, 3.8) is 0 Å². The Balaban J connectivity index is 2.21. The molecule has 0 aromatic carbocycles. The number of carbonyl (C=O) groups excluding carboxylic acids is 1. The van der Waals surface area contributed by atoms with Gasteiger partial charge in [0, 0.05) is 26.2 Å². The average molecular weight is 188 g/mol. The summed E-state index contributed by atoms with van der Waals surface area (Å²) in [7, 11) is 0. The molecule has 1 heterocycles. The first-order valence-corrected chi connectivity index (χ1v) is 4.50. The zero-order chi connectivity index (χ0) is 9.68. The highest BCUT2D eigenvalue weighted by Crippen LogP contribution is 1.97. The fraction of sp³-hybridized carbons (Fsp3) is 0.875. The van der Waals surface area contributed by atoms with Crippen LogP contribution in [-0.4, -0.2) is 55.0 Å². The van der Waals surface area contributed by atoms with Gasteiger partial charge in [0.2, 0.25) is 0 Å². The smallest absolute Gasteiger partial charge is 0.409 e. The SMILES string of the molecule is CC(O)COC(=O)N1CCNCC1. The lowest BCUT2D eigenvalue weighted by atomic mass is 10.4. The molecule has 1 atom stereocenters. The molecule has 1 rings (SSSR count). The van der Waals surface area contributed by atoms with Crippen molar-refractivity contribution in [3.8, 4) is 0 Å². The van der Waals surface area contributed by atoms with Gasteiger partial charge in [-0.3, -0.25) is 0 Å². The van der Waals surface area contributed by atoms with E-state index in [0.29, 0.717) is 13.1 Å². The molecule has 0 aliphatic carbocycles. The number of hydrogen-bond acceptors (Lipinski definition) is 4. The molecule has 1 saturated heterocycles. The Morgan fingerprint density at radius 1 is 1.62 bits per heavy atom. The fourth-order valence-electron chi connectivity index (χ4n) is 1.13. The number of piperazine rings is 1. The lowest BCUT2D eigenvalue weighted by Crippen LogP contribution is -2.46. The summed E-state index contributed by atoms with van der Waals surface area (Å²) in [5.41, 5.74) is 0. The van der Waals surface area contributed by atoms with Crippen LogP contribution in [-0.2, 0) is 4.74 Å². The van der Waals surface area contributed by atoms with Crippen LogP contribution >= 0.6 is 0 Å². The second-order valence-electron chi connectivity index (χ2n) is 3.16. The van der Waals surface area contributed by atoms with Crippen LogP contribution in [0.15, 0.2) is 0 Å². The molecule has 13 heavy (non-hydrogen) atoms. The molecule has 76 valence electrons. The van der Waals surface area contributed by atoms with E-state index in [-0.39, 0.29) is 12.7 Å². The summed E-state index contributed by atoms with van der Waals surface area (Å²) in [6.07, 6.45) is -0.922. The third kappa shape index (κ3) is 3.61. The number of aliphatic hydroxyl groups excluding tert-OH is 1. The number of aliphatic hydroxyl groups is 1. The zero-order valence-corrected chi connectivity index (χ0v) is 7.82. The van der Waals surface area contributed by atoms with E-state index in [1.165, 1.54) is 0 Å². The Bertz CT molecular complexity index is 167. The fourth-order valence-corrected chi connectivity index (χ4v) is 1.13. The molecular formula is C8H16N2O3. The molecule has 1 unspecified atom stereocenters.